The summed E-state index contributed by atoms with van der Waals surface area (Å²) < 4.78 is 0. The van der Waals surface area contributed by atoms with Gasteiger partial charge in [0.05, 0.1) is 17.9 Å². The molecule has 0 aromatic carbocycles. The topological polar surface area (TPSA) is 63.4 Å². The second-order valence-corrected chi connectivity index (χ2v) is 5.48. The van der Waals surface area contributed by atoms with Crippen LogP contribution in [0.15, 0.2) is 12.1 Å². The summed E-state index contributed by atoms with van der Waals surface area (Å²) in [5.41, 5.74) is 1.41. The van der Waals surface area contributed by atoms with E-state index in [0.717, 1.165) is 31.1 Å². The van der Waals surface area contributed by atoms with Crippen LogP contribution in [0.3, 0.4) is 0 Å². The van der Waals surface area contributed by atoms with Crippen LogP contribution in [0.2, 0.25) is 0 Å². The number of aromatic nitrogens is 1. The monoisotopic (exact) mass is 274 g/mol. The van der Waals surface area contributed by atoms with Gasteiger partial charge in [0.15, 0.2) is 0 Å². The first-order chi connectivity index (χ1) is 9.56. The molecular weight excluding hydrogens is 252 g/mol. The van der Waals surface area contributed by atoms with E-state index in [0.29, 0.717) is 17.6 Å². The predicted molar refractivity (Wildman–Crippen MR) is 78.6 cm³/mol. The summed E-state index contributed by atoms with van der Waals surface area (Å²) >= 11 is 0. The summed E-state index contributed by atoms with van der Waals surface area (Å²) in [6.45, 7) is 8.92. The van der Waals surface area contributed by atoms with Crippen LogP contribution in [-0.4, -0.2) is 53.3 Å². The number of piperazine rings is 1. The molecule has 2 atom stereocenters. The van der Waals surface area contributed by atoms with Gasteiger partial charge in [0.2, 0.25) is 0 Å². The van der Waals surface area contributed by atoms with Gasteiger partial charge in [-0.2, -0.15) is 5.26 Å². The number of aliphatic hydroxyl groups excluding tert-OH is 1. The van der Waals surface area contributed by atoms with Crippen molar-refractivity contribution < 1.29 is 5.11 Å². The van der Waals surface area contributed by atoms with Gasteiger partial charge in [-0.25, -0.2) is 4.98 Å². The molecule has 108 valence electrons. The van der Waals surface area contributed by atoms with E-state index in [9.17, 15) is 0 Å². The second kappa shape index (κ2) is 6.21. The molecule has 20 heavy (non-hydrogen) atoms. The Hall–Kier alpha value is -1.64. The first-order valence-electron chi connectivity index (χ1n) is 7.06. The van der Waals surface area contributed by atoms with Crippen molar-refractivity contribution >= 4 is 5.82 Å². The Balaban J connectivity index is 2.15. The van der Waals surface area contributed by atoms with Gasteiger partial charge in [0.25, 0.3) is 0 Å². The fourth-order valence-corrected chi connectivity index (χ4v) is 2.94. The van der Waals surface area contributed by atoms with E-state index >= 15 is 0 Å². The van der Waals surface area contributed by atoms with E-state index in [-0.39, 0.29) is 6.61 Å². The molecule has 2 rings (SSSR count). The molecule has 5 heteroatoms. The number of aliphatic hydroxyl groups is 1. The largest absolute Gasteiger partial charge is 0.395 e. The summed E-state index contributed by atoms with van der Waals surface area (Å²) in [6.07, 6.45) is 0. The van der Waals surface area contributed by atoms with E-state index in [1.54, 1.807) is 0 Å². The third kappa shape index (κ3) is 2.92. The van der Waals surface area contributed by atoms with Crippen molar-refractivity contribution in [1.82, 2.24) is 9.88 Å². The van der Waals surface area contributed by atoms with Gasteiger partial charge in [0.1, 0.15) is 11.9 Å². The molecule has 1 N–H and O–H groups in total. The molecule has 0 saturated carbocycles. The molecular formula is C15H22N4O. The SMILES string of the molecule is Cc1nc(N2C[C@@H](C)N(CCO)[C@@H](C)C2)ccc1C#N. The fraction of sp³-hybridized carbons (Fsp3) is 0.600. The van der Waals surface area contributed by atoms with Crippen molar-refractivity contribution in [1.29, 1.82) is 5.26 Å². The lowest BCUT2D eigenvalue weighted by molar-refractivity contribution is 0.102. The third-order valence-electron chi connectivity index (χ3n) is 3.98. The maximum absolute atomic E-state index is 9.13. The minimum Gasteiger partial charge on any atom is -0.395 e. The summed E-state index contributed by atoms with van der Waals surface area (Å²) in [4.78, 5) is 9.13. The van der Waals surface area contributed by atoms with Crippen LogP contribution in [0.5, 0.6) is 0 Å². The molecule has 0 bridgehead atoms. The maximum atomic E-state index is 9.13. The first kappa shape index (κ1) is 14.8. The molecule has 1 saturated heterocycles. The second-order valence-electron chi connectivity index (χ2n) is 5.48. The highest BCUT2D eigenvalue weighted by Gasteiger charge is 2.29. The van der Waals surface area contributed by atoms with E-state index in [1.165, 1.54) is 0 Å². The van der Waals surface area contributed by atoms with Gasteiger partial charge in [-0.05, 0) is 32.9 Å². The Morgan fingerprint density at radius 3 is 2.50 bits per heavy atom. The Morgan fingerprint density at radius 2 is 2.00 bits per heavy atom. The normalized spacial score (nSPS) is 23.6. The Bertz CT molecular complexity index is 499. The highest BCUT2D eigenvalue weighted by molar-refractivity contribution is 5.45. The highest BCUT2D eigenvalue weighted by Crippen LogP contribution is 2.21. The Morgan fingerprint density at radius 1 is 1.35 bits per heavy atom. The lowest BCUT2D eigenvalue weighted by Gasteiger charge is -2.44. The van der Waals surface area contributed by atoms with Gasteiger partial charge in [-0.15, -0.1) is 0 Å². The van der Waals surface area contributed by atoms with Crippen LogP contribution in [0.1, 0.15) is 25.1 Å². The molecule has 0 spiro atoms. The van der Waals surface area contributed by atoms with Crippen LogP contribution in [0, 0.1) is 18.3 Å². The Labute approximate surface area is 120 Å². The van der Waals surface area contributed by atoms with Gasteiger partial charge < -0.3 is 10.0 Å². The number of pyridine rings is 1. The zero-order chi connectivity index (χ0) is 14.7. The van der Waals surface area contributed by atoms with Crippen molar-refractivity contribution in [3.05, 3.63) is 23.4 Å². The molecule has 0 unspecified atom stereocenters. The molecule has 5 nitrogen and oxygen atoms in total. The molecule has 1 aliphatic rings. The van der Waals surface area contributed by atoms with Crippen molar-refractivity contribution in [3.63, 3.8) is 0 Å². The molecule has 0 amide bonds. The number of β-amino-alcohol motifs (C(OH)–C–C–N with tert-alkyl or cyclic N) is 1. The molecule has 2 heterocycles. The quantitative estimate of drug-likeness (QED) is 0.896. The van der Waals surface area contributed by atoms with Crippen molar-refractivity contribution in [2.75, 3.05) is 31.1 Å². The van der Waals surface area contributed by atoms with Crippen molar-refractivity contribution in [3.8, 4) is 6.07 Å². The Kier molecular flexibility index (Phi) is 4.58. The lowest BCUT2D eigenvalue weighted by Crippen LogP contribution is -2.57. The van der Waals surface area contributed by atoms with Crippen LogP contribution in [0.25, 0.3) is 0 Å². The number of nitriles is 1. The van der Waals surface area contributed by atoms with Gasteiger partial charge in [0, 0.05) is 31.7 Å². The summed E-state index contributed by atoms with van der Waals surface area (Å²) in [7, 11) is 0. The van der Waals surface area contributed by atoms with Crippen LogP contribution < -0.4 is 4.90 Å². The van der Waals surface area contributed by atoms with Crippen LogP contribution in [0.4, 0.5) is 5.82 Å². The highest BCUT2D eigenvalue weighted by atomic mass is 16.3. The summed E-state index contributed by atoms with van der Waals surface area (Å²) in [5.74, 6) is 0.934. The number of aryl methyl sites for hydroxylation is 1. The minimum absolute atomic E-state index is 0.197. The molecule has 1 fully saturated rings. The van der Waals surface area contributed by atoms with E-state index in [4.69, 9.17) is 10.4 Å². The smallest absolute Gasteiger partial charge is 0.128 e. The maximum Gasteiger partial charge on any atom is 0.128 e. The molecule has 1 aromatic rings. The van der Waals surface area contributed by atoms with E-state index in [1.807, 2.05) is 19.1 Å². The standard InChI is InChI=1S/C15H22N4O/c1-11-9-18(10-12(2)19(11)6-7-20)15-5-4-14(8-16)13(3)17-15/h4-5,11-12,20H,6-7,9-10H2,1-3H3/t11-,12+. The van der Waals surface area contributed by atoms with Crippen LogP contribution in [-0.2, 0) is 0 Å². The summed E-state index contributed by atoms with van der Waals surface area (Å²) in [6, 6.07) is 6.67. The van der Waals surface area contributed by atoms with E-state index in [2.05, 4.69) is 34.7 Å². The number of anilines is 1. The average molecular weight is 274 g/mol. The zero-order valence-corrected chi connectivity index (χ0v) is 12.4. The van der Waals surface area contributed by atoms with Crippen molar-refractivity contribution in [2.45, 2.75) is 32.9 Å². The first-order valence-corrected chi connectivity index (χ1v) is 7.06. The predicted octanol–water partition coefficient (Wildman–Crippen LogP) is 1.15. The van der Waals surface area contributed by atoms with Gasteiger partial charge in [-0.3, -0.25) is 4.90 Å². The molecule has 1 aliphatic heterocycles. The number of rotatable bonds is 3. The zero-order valence-electron chi connectivity index (χ0n) is 12.4. The van der Waals surface area contributed by atoms with Crippen LogP contribution >= 0.6 is 0 Å². The number of hydrogen-bond donors (Lipinski definition) is 1. The lowest BCUT2D eigenvalue weighted by atomic mass is 10.1. The van der Waals surface area contributed by atoms with E-state index < -0.39 is 0 Å². The molecule has 0 aliphatic carbocycles. The minimum atomic E-state index is 0.197. The average Bonchev–Trinajstić information content (AvgIpc) is 2.42. The number of hydrogen-bond acceptors (Lipinski definition) is 5. The molecule has 0 radical (unpaired) electrons. The van der Waals surface area contributed by atoms with Crippen molar-refractivity contribution in [2.24, 2.45) is 0 Å². The fourth-order valence-electron chi connectivity index (χ4n) is 2.94. The summed E-state index contributed by atoms with van der Waals surface area (Å²) in [5, 5.41) is 18.1. The van der Waals surface area contributed by atoms with Gasteiger partial charge in [-0.1, -0.05) is 0 Å². The van der Waals surface area contributed by atoms with Gasteiger partial charge >= 0.3 is 0 Å². The third-order valence-corrected chi connectivity index (χ3v) is 3.98. The molecule has 1 aromatic heterocycles. The number of nitrogens with zero attached hydrogens (tertiary/aromatic N) is 4.